The molecule has 1 saturated carbocycles. The van der Waals surface area contributed by atoms with Crippen LogP contribution in [0.15, 0.2) is 30.0 Å². The molecule has 1 N–H and O–H groups in total. The molecule has 1 saturated heterocycles. The molecule has 0 aromatic heterocycles. The van der Waals surface area contributed by atoms with Crippen molar-refractivity contribution in [2.24, 2.45) is 5.92 Å². The standard InChI is InChI=1S/C18H17NO4/c1-19-17-4-5-18(22-6-7-23-18)14-10-21-15(16(14)17)9-11-8-12(20)2-3-13(11)17/h2-3,8,10,15-16,20H,4-7,9H2. The Kier molecular flexibility index (Phi) is 2.50. The summed E-state index contributed by atoms with van der Waals surface area (Å²) in [5.41, 5.74) is 2.38. The fourth-order valence-electron chi connectivity index (χ4n) is 4.87. The number of hydrogen-bond donors (Lipinski definition) is 1. The molecule has 3 unspecified atom stereocenters. The second kappa shape index (κ2) is 4.28. The van der Waals surface area contributed by atoms with Gasteiger partial charge in [-0.3, -0.25) is 0 Å². The van der Waals surface area contributed by atoms with E-state index in [9.17, 15) is 5.11 Å². The van der Waals surface area contributed by atoms with Crippen LogP contribution in [0.1, 0.15) is 24.0 Å². The number of ether oxygens (including phenoxy) is 3. The first kappa shape index (κ1) is 13.4. The Morgan fingerprint density at radius 1 is 1.22 bits per heavy atom. The van der Waals surface area contributed by atoms with Gasteiger partial charge in [0.1, 0.15) is 17.8 Å². The molecule has 1 spiro atoms. The largest absolute Gasteiger partial charge is 0.508 e. The van der Waals surface area contributed by atoms with Crippen molar-refractivity contribution in [2.45, 2.75) is 36.7 Å². The van der Waals surface area contributed by atoms with Crippen LogP contribution in [0.25, 0.3) is 4.85 Å². The summed E-state index contributed by atoms with van der Waals surface area (Å²) >= 11 is 0. The third-order valence-electron chi connectivity index (χ3n) is 5.80. The molecular weight excluding hydrogens is 294 g/mol. The lowest BCUT2D eigenvalue weighted by atomic mass is 9.59. The average molecular weight is 311 g/mol. The molecule has 5 rings (SSSR count). The van der Waals surface area contributed by atoms with Gasteiger partial charge >= 0.3 is 0 Å². The number of phenolic OH excluding ortho intramolecular Hbond substituents is 1. The Morgan fingerprint density at radius 2 is 2.04 bits per heavy atom. The maximum Gasteiger partial charge on any atom is 0.268 e. The van der Waals surface area contributed by atoms with Crippen molar-refractivity contribution in [1.82, 2.24) is 0 Å². The summed E-state index contributed by atoms with van der Waals surface area (Å²) < 4.78 is 17.8. The third-order valence-corrected chi connectivity index (χ3v) is 5.80. The molecule has 0 bridgehead atoms. The molecule has 5 nitrogen and oxygen atoms in total. The fraction of sp³-hybridized carbons (Fsp3) is 0.500. The van der Waals surface area contributed by atoms with Crippen LogP contribution in [0.5, 0.6) is 5.75 Å². The Balaban J connectivity index is 1.69. The zero-order chi connectivity index (χ0) is 15.7. The average Bonchev–Trinajstić information content (AvgIpc) is 3.19. The molecule has 5 heteroatoms. The first-order chi connectivity index (χ1) is 11.2. The first-order valence-electron chi connectivity index (χ1n) is 8.03. The van der Waals surface area contributed by atoms with Gasteiger partial charge in [0.25, 0.3) is 5.54 Å². The molecule has 4 aliphatic rings. The van der Waals surface area contributed by atoms with E-state index in [1.54, 1.807) is 18.4 Å². The van der Waals surface area contributed by atoms with Crippen LogP contribution in [0.3, 0.4) is 0 Å². The van der Waals surface area contributed by atoms with Crippen LogP contribution < -0.4 is 0 Å². The van der Waals surface area contributed by atoms with Crippen LogP contribution in [-0.2, 0) is 26.2 Å². The minimum absolute atomic E-state index is 0.0381. The van der Waals surface area contributed by atoms with Crippen LogP contribution in [-0.4, -0.2) is 30.2 Å². The molecule has 2 aliphatic carbocycles. The maximum absolute atomic E-state index is 9.81. The van der Waals surface area contributed by atoms with Gasteiger partial charge in [-0.05, 0) is 23.8 Å². The van der Waals surface area contributed by atoms with E-state index in [-0.39, 0.29) is 17.8 Å². The minimum Gasteiger partial charge on any atom is -0.508 e. The van der Waals surface area contributed by atoms with Gasteiger partial charge in [-0.25, -0.2) is 6.57 Å². The van der Waals surface area contributed by atoms with E-state index in [0.717, 1.165) is 16.7 Å². The van der Waals surface area contributed by atoms with E-state index in [0.29, 0.717) is 32.5 Å². The zero-order valence-corrected chi connectivity index (χ0v) is 12.6. The lowest BCUT2D eigenvalue weighted by Gasteiger charge is -2.46. The highest BCUT2D eigenvalue weighted by Crippen LogP contribution is 2.60. The number of benzene rings is 1. The van der Waals surface area contributed by atoms with Gasteiger partial charge < -0.3 is 24.2 Å². The second-order valence-electron chi connectivity index (χ2n) is 6.76. The SMILES string of the molecule is [C-]#[N+]C12CCC3(OCCO3)C3=COC(Cc4cc(O)ccc41)C32. The summed E-state index contributed by atoms with van der Waals surface area (Å²) in [6.45, 7) is 9.14. The molecule has 1 aromatic rings. The van der Waals surface area contributed by atoms with Gasteiger partial charge in [-0.1, -0.05) is 0 Å². The van der Waals surface area contributed by atoms with Crippen molar-refractivity contribution < 1.29 is 19.3 Å². The Morgan fingerprint density at radius 3 is 2.83 bits per heavy atom. The van der Waals surface area contributed by atoms with E-state index in [1.807, 2.05) is 6.07 Å². The summed E-state index contributed by atoms with van der Waals surface area (Å²) in [5.74, 6) is -0.491. The summed E-state index contributed by atoms with van der Waals surface area (Å²) in [4.78, 5) is 4.10. The quantitative estimate of drug-likeness (QED) is 0.748. The van der Waals surface area contributed by atoms with Gasteiger partial charge in [-0.15, -0.1) is 0 Å². The maximum atomic E-state index is 9.81. The first-order valence-corrected chi connectivity index (χ1v) is 8.03. The van der Waals surface area contributed by atoms with Crippen molar-refractivity contribution in [3.8, 4) is 5.75 Å². The van der Waals surface area contributed by atoms with E-state index < -0.39 is 11.3 Å². The van der Waals surface area contributed by atoms with Crippen LogP contribution in [0, 0.1) is 12.5 Å². The van der Waals surface area contributed by atoms with Gasteiger partial charge in [0, 0.05) is 30.4 Å². The van der Waals surface area contributed by atoms with Crippen molar-refractivity contribution in [3.05, 3.63) is 52.6 Å². The number of hydrogen-bond acceptors (Lipinski definition) is 4. The minimum atomic E-state index is -0.692. The Bertz CT molecular complexity index is 759. The van der Waals surface area contributed by atoms with Crippen molar-refractivity contribution in [3.63, 3.8) is 0 Å². The molecule has 0 amide bonds. The molecule has 23 heavy (non-hydrogen) atoms. The second-order valence-corrected chi connectivity index (χ2v) is 6.76. The smallest absolute Gasteiger partial charge is 0.268 e. The lowest BCUT2D eigenvalue weighted by molar-refractivity contribution is -0.155. The van der Waals surface area contributed by atoms with Crippen LogP contribution in [0.2, 0.25) is 0 Å². The topological polar surface area (TPSA) is 52.3 Å². The molecule has 2 heterocycles. The Hall–Kier alpha value is -2.03. The van der Waals surface area contributed by atoms with Gasteiger partial charge in [0.05, 0.1) is 19.5 Å². The van der Waals surface area contributed by atoms with E-state index >= 15 is 0 Å². The monoisotopic (exact) mass is 311 g/mol. The number of rotatable bonds is 0. The van der Waals surface area contributed by atoms with E-state index in [1.165, 1.54) is 0 Å². The highest BCUT2D eigenvalue weighted by Gasteiger charge is 2.67. The van der Waals surface area contributed by atoms with E-state index in [4.69, 9.17) is 20.8 Å². The summed E-state index contributed by atoms with van der Waals surface area (Å²) in [7, 11) is 0. The summed E-state index contributed by atoms with van der Waals surface area (Å²) in [5, 5.41) is 9.81. The molecular formula is C18H17NO4. The van der Waals surface area contributed by atoms with E-state index in [2.05, 4.69) is 4.85 Å². The number of aromatic hydroxyl groups is 1. The normalized spacial score (nSPS) is 35.9. The van der Waals surface area contributed by atoms with Crippen molar-refractivity contribution in [2.75, 3.05) is 13.2 Å². The van der Waals surface area contributed by atoms with Crippen LogP contribution in [0.4, 0.5) is 0 Å². The molecule has 2 aliphatic heterocycles. The van der Waals surface area contributed by atoms with Gasteiger partial charge in [0.15, 0.2) is 5.79 Å². The number of phenols is 1. The third kappa shape index (κ3) is 1.53. The molecule has 2 fully saturated rings. The van der Waals surface area contributed by atoms with Gasteiger partial charge in [0.2, 0.25) is 0 Å². The molecule has 118 valence electrons. The summed E-state index contributed by atoms with van der Waals surface area (Å²) in [6.07, 6.45) is 3.72. The van der Waals surface area contributed by atoms with Crippen LogP contribution >= 0.6 is 0 Å². The highest BCUT2D eigenvalue weighted by molar-refractivity contribution is 5.50. The lowest BCUT2D eigenvalue weighted by Crippen LogP contribution is -2.53. The zero-order valence-electron chi connectivity index (χ0n) is 12.6. The predicted molar refractivity (Wildman–Crippen MR) is 80.4 cm³/mol. The fourth-order valence-corrected chi connectivity index (χ4v) is 4.87. The number of nitrogens with zero attached hydrogens (tertiary/aromatic N) is 1. The molecule has 1 aromatic carbocycles. The van der Waals surface area contributed by atoms with Crippen molar-refractivity contribution >= 4 is 0 Å². The number of fused-ring (bicyclic) bond motifs is 3. The molecule has 3 atom stereocenters. The Labute approximate surface area is 134 Å². The molecule has 0 radical (unpaired) electrons. The van der Waals surface area contributed by atoms with Crippen molar-refractivity contribution in [1.29, 1.82) is 0 Å². The predicted octanol–water partition coefficient (Wildman–Crippen LogP) is 2.50. The summed E-state index contributed by atoms with van der Waals surface area (Å²) in [6, 6.07) is 5.36. The highest BCUT2D eigenvalue weighted by atomic mass is 16.7. The van der Waals surface area contributed by atoms with Gasteiger partial charge in [-0.2, -0.15) is 0 Å².